The molecule has 3 aliphatic rings. The molecule has 4 heteroatoms. The highest BCUT2D eigenvalue weighted by Crippen LogP contribution is 2.27. The van der Waals surface area contributed by atoms with Crippen LogP contribution in [-0.2, 0) is 4.74 Å². The van der Waals surface area contributed by atoms with Crippen molar-refractivity contribution in [2.24, 2.45) is 0 Å². The molecule has 0 spiro atoms. The van der Waals surface area contributed by atoms with Crippen LogP contribution in [0, 0.1) is 0 Å². The van der Waals surface area contributed by atoms with Crippen molar-refractivity contribution in [2.45, 2.75) is 38.5 Å². The summed E-state index contributed by atoms with van der Waals surface area (Å²) in [5, 5.41) is 2.88. The third-order valence-corrected chi connectivity index (χ3v) is 2.46. The Morgan fingerprint density at radius 1 is 1.46 bits per heavy atom. The second kappa shape index (κ2) is 3.18. The largest absolute Gasteiger partial charge is 0.371 e. The van der Waals surface area contributed by atoms with Crippen LogP contribution >= 0.6 is 0 Å². The summed E-state index contributed by atoms with van der Waals surface area (Å²) >= 11 is 0. The Balaban J connectivity index is 1.84. The minimum Gasteiger partial charge on any atom is -0.371 e. The third kappa shape index (κ3) is 1.77. The van der Waals surface area contributed by atoms with Gasteiger partial charge in [-0.25, -0.2) is 4.79 Å². The Hall–Kier alpha value is -0.770. The van der Waals surface area contributed by atoms with Gasteiger partial charge in [0.05, 0.1) is 12.2 Å². The van der Waals surface area contributed by atoms with Crippen LogP contribution in [0.15, 0.2) is 0 Å². The van der Waals surface area contributed by atoms with Crippen molar-refractivity contribution in [2.75, 3.05) is 13.1 Å². The first-order valence-corrected chi connectivity index (χ1v) is 4.86. The number of nitrogens with zero attached hydrogens (tertiary/aromatic N) is 1. The predicted molar refractivity (Wildman–Crippen MR) is 48.5 cm³/mol. The van der Waals surface area contributed by atoms with Crippen molar-refractivity contribution in [3.05, 3.63) is 0 Å². The molecule has 4 nitrogen and oxygen atoms in total. The maximum atomic E-state index is 11.5. The van der Waals surface area contributed by atoms with Crippen molar-refractivity contribution in [1.82, 2.24) is 10.2 Å². The average Bonchev–Trinajstić information content (AvgIpc) is 2.02. The Kier molecular flexibility index (Phi) is 2.15. The molecule has 0 aromatic carbocycles. The normalized spacial score (nSPS) is 31.5. The van der Waals surface area contributed by atoms with Gasteiger partial charge in [-0.05, 0) is 13.8 Å². The Labute approximate surface area is 78.2 Å². The molecule has 2 bridgehead atoms. The zero-order valence-electron chi connectivity index (χ0n) is 8.12. The lowest BCUT2D eigenvalue weighted by Gasteiger charge is -2.46. The third-order valence-electron chi connectivity index (χ3n) is 2.46. The van der Waals surface area contributed by atoms with E-state index in [0.717, 1.165) is 19.5 Å². The van der Waals surface area contributed by atoms with Gasteiger partial charge in [0, 0.05) is 25.6 Å². The summed E-state index contributed by atoms with van der Waals surface area (Å²) in [5.41, 5.74) is 0. The van der Waals surface area contributed by atoms with Crippen molar-refractivity contribution in [3.63, 3.8) is 0 Å². The first kappa shape index (κ1) is 8.81. The van der Waals surface area contributed by atoms with E-state index in [4.69, 9.17) is 4.74 Å². The van der Waals surface area contributed by atoms with Gasteiger partial charge in [-0.1, -0.05) is 0 Å². The number of hydrogen-bond acceptors (Lipinski definition) is 2. The van der Waals surface area contributed by atoms with E-state index >= 15 is 0 Å². The van der Waals surface area contributed by atoms with Gasteiger partial charge in [0.2, 0.25) is 0 Å². The fourth-order valence-corrected chi connectivity index (χ4v) is 1.86. The number of morpholine rings is 1. The summed E-state index contributed by atoms with van der Waals surface area (Å²) in [6.45, 7) is 5.46. The van der Waals surface area contributed by atoms with Gasteiger partial charge in [0.15, 0.2) is 0 Å². The second-order valence-electron chi connectivity index (χ2n) is 4.12. The smallest absolute Gasteiger partial charge is 0.317 e. The molecular weight excluding hydrogens is 168 g/mol. The van der Waals surface area contributed by atoms with Crippen LogP contribution in [0.3, 0.4) is 0 Å². The van der Waals surface area contributed by atoms with Gasteiger partial charge in [0.25, 0.3) is 0 Å². The molecule has 2 amide bonds. The van der Waals surface area contributed by atoms with Crippen LogP contribution < -0.4 is 5.32 Å². The monoisotopic (exact) mass is 184 g/mol. The van der Waals surface area contributed by atoms with Gasteiger partial charge in [-0.2, -0.15) is 0 Å². The molecule has 1 N–H and O–H groups in total. The number of urea groups is 1. The zero-order valence-corrected chi connectivity index (χ0v) is 8.12. The summed E-state index contributed by atoms with van der Waals surface area (Å²) < 4.78 is 5.44. The molecule has 0 saturated carbocycles. The van der Waals surface area contributed by atoms with E-state index in [0.29, 0.717) is 12.2 Å². The van der Waals surface area contributed by atoms with E-state index in [9.17, 15) is 4.79 Å². The lowest BCUT2D eigenvalue weighted by atomic mass is 9.99. The molecule has 74 valence electrons. The molecular formula is C9H16N2O2. The molecule has 0 aromatic rings. The summed E-state index contributed by atoms with van der Waals surface area (Å²) in [4.78, 5) is 13.4. The van der Waals surface area contributed by atoms with Crippen molar-refractivity contribution < 1.29 is 9.53 Å². The molecule has 2 atom stereocenters. The molecule has 3 aliphatic heterocycles. The minimum atomic E-state index is 0.0491. The Morgan fingerprint density at radius 3 is 2.46 bits per heavy atom. The maximum absolute atomic E-state index is 11.5. The number of carbonyl (C=O) groups is 1. The lowest BCUT2D eigenvalue weighted by molar-refractivity contribution is -0.170. The van der Waals surface area contributed by atoms with E-state index in [1.165, 1.54) is 0 Å². The van der Waals surface area contributed by atoms with Crippen LogP contribution in [-0.4, -0.2) is 42.3 Å². The molecule has 0 radical (unpaired) electrons. The number of rotatable bonds is 1. The number of piperidine rings is 1. The number of fused-ring (bicyclic) bond motifs is 2. The summed E-state index contributed by atoms with van der Waals surface area (Å²) in [6, 6.07) is 0.264. The van der Waals surface area contributed by atoms with E-state index in [1.54, 1.807) is 0 Å². The van der Waals surface area contributed by atoms with Gasteiger partial charge in [0.1, 0.15) is 0 Å². The van der Waals surface area contributed by atoms with Crippen molar-refractivity contribution >= 4 is 6.03 Å². The highest BCUT2D eigenvalue weighted by molar-refractivity contribution is 5.74. The van der Waals surface area contributed by atoms with Gasteiger partial charge in [-0.15, -0.1) is 0 Å². The molecule has 13 heavy (non-hydrogen) atoms. The highest BCUT2D eigenvalue weighted by Gasteiger charge is 2.39. The molecule has 3 rings (SSSR count). The molecule has 3 saturated heterocycles. The first-order chi connectivity index (χ1) is 6.15. The fourth-order valence-electron chi connectivity index (χ4n) is 1.86. The number of amides is 2. The van der Waals surface area contributed by atoms with Crippen LogP contribution in [0.25, 0.3) is 0 Å². The van der Waals surface area contributed by atoms with Gasteiger partial charge < -0.3 is 15.0 Å². The fraction of sp³-hybridized carbons (Fsp3) is 0.889. The van der Waals surface area contributed by atoms with Gasteiger partial charge >= 0.3 is 6.03 Å². The Bertz CT molecular complexity index is 202. The maximum Gasteiger partial charge on any atom is 0.317 e. The molecule has 3 fully saturated rings. The first-order valence-electron chi connectivity index (χ1n) is 4.86. The number of nitrogens with one attached hydrogen (secondary N) is 1. The average molecular weight is 184 g/mol. The van der Waals surface area contributed by atoms with Crippen LogP contribution in [0.2, 0.25) is 0 Å². The topological polar surface area (TPSA) is 41.6 Å². The predicted octanol–water partition coefficient (Wildman–Crippen LogP) is 0.577. The summed E-state index contributed by atoms with van der Waals surface area (Å²) in [6.07, 6.45) is 1.74. The molecule has 0 aliphatic carbocycles. The number of carbonyl (C=O) groups excluding carboxylic acids is 1. The summed E-state index contributed by atoms with van der Waals surface area (Å²) in [5.74, 6) is 0. The highest BCUT2D eigenvalue weighted by atomic mass is 16.5. The summed E-state index contributed by atoms with van der Waals surface area (Å²) in [7, 11) is 0. The van der Waals surface area contributed by atoms with Crippen LogP contribution in [0.1, 0.15) is 20.3 Å². The van der Waals surface area contributed by atoms with Crippen molar-refractivity contribution in [3.8, 4) is 0 Å². The SMILES string of the molecule is CC(C)NC(=O)N1CC2CC(C1)O2. The molecule has 3 heterocycles. The van der Waals surface area contributed by atoms with E-state index in [1.807, 2.05) is 18.7 Å². The molecule has 2 unspecified atom stereocenters. The van der Waals surface area contributed by atoms with Crippen LogP contribution in [0.4, 0.5) is 4.79 Å². The standard InChI is InChI=1S/C9H16N2O2/c1-6(2)10-9(12)11-4-7-3-8(5-11)13-7/h6-8H,3-5H2,1-2H3,(H,10,12). The lowest BCUT2D eigenvalue weighted by Crippen LogP contribution is -2.60. The van der Waals surface area contributed by atoms with E-state index in [-0.39, 0.29) is 12.1 Å². The minimum absolute atomic E-state index is 0.0491. The van der Waals surface area contributed by atoms with Gasteiger partial charge in [-0.3, -0.25) is 0 Å². The zero-order chi connectivity index (χ0) is 9.42. The Morgan fingerprint density at radius 2 is 2.00 bits per heavy atom. The molecule has 0 aromatic heterocycles. The van der Waals surface area contributed by atoms with E-state index < -0.39 is 0 Å². The van der Waals surface area contributed by atoms with E-state index in [2.05, 4.69) is 5.32 Å². The number of hydrogen-bond donors (Lipinski definition) is 1. The second-order valence-corrected chi connectivity index (χ2v) is 4.12. The quantitative estimate of drug-likeness (QED) is 0.647. The van der Waals surface area contributed by atoms with Crippen LogP contribution in [0.5, 0.6) is 0 Å². The number of ether oxygens (including phenoxy) is 1. The van der Waals surface area contributed by atoms with Crippen molar-refractivity contribution in [1.29, 1.82) is 0 Å².